The molecule has 2 aliphatic heterocycles. The molecule has 30 heavy (non-hydrogen) atoms. The van der Waals surface area contributed by atoms with Gasteiger partial charge in [-0.05, 0) is 48.1 Å². The van der Waals surface area contributed by atoms with Crippen LogP contribution in [0.1, 0.15) is 24.1 Å². The second-order valence-corrected chi connectivity index (χ2v) is 8.95. The van der Waals surface area contributed by atoms with Gasteiger partial charge in [-0.3, -0.25) is 9.98 Å². The SMILES string of the molecule is c1cc2cc(-c3ccc4cc(C5=NCCCN5)[nH]c4c3)sc2cc1C1=NCCCN1. The largest absolute Gasteiger partial charge is 0.370 e. The molecular weight excluding hydrogens is 390 g/mol. The fourth-order valence-corrected chi connectivity index (χ4v) is 5.27. The Hall–Kier alpha value is -3.12. The monoisotopic (exact) mass is 413 g/mol. The number of nitrogens with zero attached hydrogens (tertiary/aromatic N) is 2. The Balaban J connectivity index is 1.36. The number of amidine groups is 2. The molecule has 2 aliphatic rings. The number of rotatable bonds is 3. The van der Waals surface area contributed by atoms with Gasteiger partial charge in [-0.2, -0.15) is 0 Å². The van der Waals surface area contributed by atoms with Crippen molar-refractivity contribution in [2.24, 2.45) is 9.98 Å². The summed E-state index contributed by atoms with van der Waals surface area (Å²) in [6.45, 7) is 3.81. The van der Waals surface area contributed by atoms with Crippen molar-refractivity contribution in [3.8, 4) is 10.4 Å². The molecule has 150 valence electrons. The maximum absolute atomic E-state index is 4.64. The van der Waals surface area contributed by atoms with E-state index in [4.69, 9.17) is 0 Å². The molecule has 0 spiro atoms. The molecule has 0 atom stereocenters. The lowest BCUT2D eigenvalue weighted by Crippen LogP contribution is -2.30. The molecule has 0 radical (unpaired) electrons. The standard InChI is InChI=1S/C24H23N5S/c1-7-25-23(26-8-1)18-6-5-17-13-21(30-22(17)14-18)16-4-3-15-11-20(29-19(15)12-16)24-27-9-2-10-28-24/h3-6,11-14,29H,1-2,7-10H2,(H,25,26)(H,27,28). The highest BCUT2D eigenvalue weighted by Gasteiger charge is 2.13. The average Bonchev–Trinajstić information content (AvgIpc) is 3.43. The number of hydrogen-bond donors (Lipinski definition) is 3. The van der Waals surface area contributed by atoms with Crippen LogP contribution in [0.5, 0.6) is 0 Å². The van der Waals surface area contributed by atoms with Crippen molar-refractivity contribution < 1.29 is 0 Å². The zero-order chi connectivity index (χ0) is 19.9. The van der Waals surface area contributed by atoms with Crippen molar-refractivity contribution >= 4 is 44.0 Å². The molecule has 2 aromatic carbocycles. The van der Waals surface area contributed by atoms with Gasteiger partial charge in [-0.25, -0.2) is 0 Å². The molecule has 0 aliphatic carbocycles. The van der Waals surface area contributed by atoms with E-state index < -0.39 is 0 Å². The fourth-order valence-electron chi connectivity index (χ4n) is 4.17. The minimum Gasteiger partial charge on any atom is -0.370 e. The quantitative estimate of drug-likeness (QED) is 0.462. The van der Waals surface area contributed by atoms with Crippen molar-refractivity contribution in [2.75, 3.05) is 26.2 Å². The minimum absolute atomic E-state index is 0.897. The van der Waals surface area contributed by atoms with E-state index in [1.807, 2.05) is 11.3 Å². The Kier molecular flexibility index (Phi) is 4.30. The van der Waals surface area contributed by atoms with Crippen molar-refractivity contribution in [1.82, 2.24) is 15.6 Å². The van der Waals surface area contributed by atoms with E-state index in [1.165, 1.54) is 31.5 Å². The van der Waals surface area contributed by atoms with Gasteiger partial charge in [0.2, 0.25) is 0 Å². The third-order valence-corrected chi connectivity index (χ3v) is 6.90. The van der Waals surface area contributed by atoms with Gasteiger partial charge < -0.3 is 15.6 Å². The number of aromatic nitrogens is 1. The van der Waals surface area contributed by atoms with Gasteiger partial charge in [0.1, 0.15) is 11.7 Å². The predicted molar refractivity (Wildman–Crippen MR) is 127 cm³/mol. The Labute approximate surface area is 178 Å². The van der Waals surface area contributed by atoms with Crippen LogP contribution in [-0.4, -0.2) is 42.8 Å². The van der Waals surface area contributed by atoms with Crippen LogP contribution in [0.15, 0.2) is 58.5 Å². The van der Waals surface area contributed by atoms with Crippen LogP contribution in [0.25, 0.3) is 31.4 Å². The van der Waals surface area contributed by atoms with Crippen LogP contribution in [-0.2, 0) is 0 Å². The Morgan fingerprint density at radius 2 is 1.50 bits per heavy atom. The van der Waals surface area contributed by atoms with Crippen LogP contribution in [0.3, 0.4) is 0 Å². The summed E-state index contributed by atoms with van der Waals surface area (Å²) in [5.41, 5.74) is 4.64. The highest BCUT2D eigenvalue weighted by molar-refractivity contribution is 7.22. The molecule has 2 aromatic heterocycles. The van der Waals surface area contributed by atoms with Gasteiger partial charge in [-0.15, -0.1) is 11.3 Å². The molecule has 0 amide bonds. The van der Waals surface area contributed by atoms with Crippen molar-refractivity contribution in [2.45, 2.75) is 12.8 Å². The molecule has 0 saturated carbocycles. The van der Waals surface area contributed by atoms with E-state index in [0.29, 0.717) is 0 Å². The summed E-state index contributed by atoms with van der Waals surface area (Å²) in [5.74, 6) is 2.00. The summed E-state index contributed by atoms with van der Waals surface area (Å²) in [5, 5.41) is 9.32. The number of hydrogen-bond acceptors (Lipinski definition) is 5. The first-order valence-electron chi connectivity index (χ1n) is 10.6. The maximum Gasteiger partial charge on any atom is 0.145 e. The second-order valence-electron chi connectivity index (χ2n) is 7.87. The molecule has 6 heteroatoms. The highest BCUT2D eigenvalue weighted by Crippen LogP contribution is 2.35. The number of aliphatic imine (C=N–C) groups is 2. The fraction of sp³-hybridized carbons (Fsp3) is 0.250. The minimum atomic E-state index is 0.897. The predicted octanol–water partition coefficient (Wildman–Crippen LogP) is 4.53. The smallest absolute Gasteiger partial charge is 0.145 e. The van der Waals surface area contributed by atoms with Crippen molar-refractivity contribution in [3.05, 3.63) is 59.8 Å². The van der Waals surface area contributed by atoms with Crippen LogP contribution >= 0.6 is 11.3 Å². The summed E-state index contributed by atoms with van der Waals surface area (Å²) in [7, 11) is 0. The first kappa shape index (κ1) is 17.7. The molecule has 0 bridgehead atoms. The van der Waals surface area contributed by atoms with E-state index >= 15 is 0 Å². The second kappa shape index (κ2) is 7.29. The highest BCUT2D eigenvalue weighted by atomic mass is 32.1. The van der Waals surface area contributed by atoms with Gasteiger partial charge in [0.25, 0.3) is 0 Å². The lowest BCUT2D eigenvalue weighted by Gasteiger charge is -2.14. The van der Waals surface area contributed by atoms with Crippen LogP contribution < -0.4 is 10.6 Å². The lowest BCUT2D eigenvalue weighted by atomic mass is 10.1. The molecule has 3 N–H and O–H groups in total. The molecule has 4 heterocycles. The maximum atomic E-state index is 4.64. The number of fused-ring (bicyclic) bond motifs is 2. The van der Waals surface area contributed by atoms with Gasteiger partial charge in [0.05, 0.1) is 5.69 Å². The number of H-pyrrole nitrogens is 1. The Bertz CT molecular complexity index is 1290. The summed E-state index contributed by atoms with van der Waals surface area (Å²) in [4.78, 5) is 14.1. The molecule has 0 unspecified atom stereocenters. The van der Waals surface area contributed by atoms with E-state index in [0.717, 1.165) is 61.9 Å². The summed E-state index contributed by atoms with van der Waals surface area (Å²) in [6, 6.07) is 17.8. The Morgan fingerprint density at radius 1 is 0.733 bits per heavy atom. The first-order chi connectivity index (χ1) is 14.8. The van der Waals surface area contributed by atoms with Crippen LogP contribution in [0, 0.1) is 0 Å². The summed E-state index contributed by atoms with van der Waals surface area (Å²) < 4.78 is 1.30. The zero-order valence-electron chi connectivity index (χ0n) is 16.7. The van der Waals surface area contributed by atoms with E-state index in [2.05, 4.69) is 74.1 Å². The van der Waals surface area contributed by atoms with E-state index in [9.17, 15) is 0 Å². The van der Waals surface area contributed by atoms with Crippen LogP contribution in [0.2, 0.25) is 0 Å². The number of benzene rings is 2. The molecule has 4 aromatic rings. The Morgan fingerprint density at radius 3 is 2.30 bits per heavy atom. The van der Waals surface area contributed by atoms with E-state index in [-0.39, 0.29) is 0 Å². The number of thiophene rings is 1. The summed E-state index contributed by atoms with van der Waals surface area (Å²) >= 11 is 1.84. The number of nitrogens with one attached hydrogen (secondary N) is 3. The molecule has 0 saturated heterocycles. The first-order valence-corrected chi connectivity index (χ1v) is 11.4. The molecule has 6 rings (SSSR count). The summed E-state index contributed by atoms with van der Waals surface area (Å²) in [6.07, 6.45) is 2.21. The molecule has 5 nitrogen and oxygen atoms in total. The average molecular weight is 414 g/mol. The topological polar surface area (TPSA) is 64.6 Å². The molecular formula is C24H23N5S. The normalized spacial score (nSPS) is 16.8. The third-order valence-electron chi connectivity index (χ3n) is 5.75. The van der Waals surface area contributed by atoms with Crippen LogP contribution in [0.4, 0.5) is 0 Å². The third kappa shape index (κ3) is 3.17. The lowest BCUT2D eigenvalue weighted by molar-refractivity contribution is 0.741. The van der Waals surface area contributed by atoms with Gasteiger partial charge >= 0.3 is 0 Å². The number of aromatic amines is 1. The zero-order valence-corrected chi connectivity index (χ0v) is 17.5. The van der Waals surface area contributed by atoms with Crippen molar-refractivity contribution in [1.29, 1.82) is 0 Å². The van der Waals surface area contributed by atoms with Gasteiger partial charge in [0.15, 0.2) is 0 Å². The van der Waals surface area contributed by atoms with E-state index in [1.54, 1.807) is 0 Å². The van der Waals surface area contributed by atoms with Crippen molar-refractivity contribution in [3.63, 3.8) is 0 Å². The van der Waals surface area contributed by atoms with Gasteiger partial charge in [0, 0.05) is 52.2 Å². The van der Waals surface area contributed by atoms with Gasteiger partial charge in [-0.1, -0.05) is 24.3 Å². The molecule has 0 fully saturated rings.